The van der Waals surface area contributed by atoms with Gasteiger partial charge in [0.25, 0.3) is 5.91 Å². The number of para-hydroxylation sites is 2. The molecule has 0 bridgehead atoms. The predicted octanol–water partition coefficient (Wildman–Crippen LogP) is 1.59. The van der Waals surface area contributed by atoms with E-state index in [1.54, 1.807) is 23.1 Å². The highest BCUT2D eigenvalue weighted by Gasteiger charge is 2.29. The number of aliphatic hydroxyl groups is 1. The largest absolute Gasteiger partial charge is 0.445 e. The monoisotopic (exact) mass is 477 g/mol. The number of carbonyl (C=O) groups is 3. The molecule has 3 amide bonds. The maximum absolute atomic E-state index is 13.0. The van der Waals surface area contributed by atoms with Crippen molar-refractivity contribution in [3.05, 3.63) is 72.1 Å². The van der Waals surface area contributed by atoms with Crippen molar-refractivity contribution < 1.29 is 24.2 Å². The first-order valence-corrected chi connectivity index (χ1v) is 11.4. The topological polar surface area (TPSA) is 125 Å². The first-order valence-electron chi connectivity index (χ1n) is 11.4. The minimum Gasteiger partial charge on any atom is -0.445 e. The van der Waals surface area contributed by atoms with Gasteiger partial charge in [-0.05, 0) is 24.1 Å². The van der Waals surface area contributed by atoms with E-state index in [0.29, 0.717) is 37.1 Å². The molecule has 35 heavy (non-hydrogen) atoms. The van der Waals surface area contributed by atoms with E-state index in [1.165, 1.54) is 11.1 Å². The average molecular weight is 478 g/mol. The van der Waals surface area contributed by atoms with Crippen molar-refractivity contribution in [1.29, 1.82) is 0 Å². The maximum Gasteiger partial charge on any atom is 0.410 e. The highest BCUT2D eigenvalue weighted by Crippen LogP contribution is 2.11. The molecule has 0 radical (unpaired) electrons. The number of carbonyl (C=O) groups excluding carboxylic acids is 3. The predicted molar refractivity (Wildman–Crippen MR) is 127 cm³/mol. The zero-order valence-electron chi connectivity index (χ0n) is 19.2. The Labute approximate surface area is 202 Å². The molecule has 10 heteroatoms. The van der Waals surface area contributed by atoms with Gasteiger partial charge >= 0.3 is 6.09 Å². The van der Waals surface area contributed by atoms with E-state index in [9.17, 15) is 19.5 Å². The molecule has 2 heterocycles. The second kappa shape index (κ2) is 11.4. The Hall–Kier alpha value is -4.05. The zero-order chi connectivity index (χ0) is 24.6. The summed E-state index contributed by atoms with van der Waals surface area (Å²) in [4.78, 5) is 49.8. The van der Waals surface area contributed by atoms with Crippen LogP contribution in [0.25, 0.3) is 11.0 Å². The van der Waals surface area contributed by atoms with Crippen molar-refractivity contribution in [2.24, 2.45) is 0 Å². The lowest BCUT2D eigenvalue weighted by Crippen LogP contribution is -2.51. The molecule has 4 rings (SSSR count). The summed E-state index contributed by atoms with van der Waals surface area (Å²) in [6.07, 6.45) is 1.45. The maximum atomic E-state index is 13.0. The highest BCUT2D eigenvalue weighted by atomic mass is 16.6. The normalized spacial score (nSPS) is 14.8. The van der Waals surface area contributed by atoms with E-state index in [4.69, 9.17) is 4.74 Å². The molecule has 1 fully saturated rings. The molecule has 2 N–H and O–H groups in total. The second-order valence-electron chi connectivity index (χ2n) is 8.16. The number of nitrogens with one attached hydrogen (secondary N) is 1. The summed E-state index contributed by atoms with van der Waals surface area (Å²) in [7, 11) is 0. The van der Waals surface area contributed by atoms with E-state index in [1.807, 2.05) is 36.4 Å². The number of ether oxygens (including phenoxy) is 1. The van der Waals surface area contributed by atoms with E-state index in [2.05, 4.69) is 15.3 Å². The smallest absolute Gasteiger partial charge is 0.410 e. The minimum atomic E-state index is -1.13. The van der Waals surface area contributed by atoms with E-state index in [-0.39, 0.29) is 18.8 Å². The van der Waals surface area contributed by atoms with Gasteiger partial charge in [-0.25, -0.2) is 9.78 Å². The molecular formula is C25H27N5O5. The van der Waals surface area contributed by atoms with Crippen molar-refractivity contribution in [2.45, 2.75) is 19.1 Å². The van der Waals surface area contributed by atoms with Crippen LogP contribution < -0.4 is 5.32 Å². The Bertz CT molecular complexity index is 1190. The lowest BCUT2D eigenvalue weighted by molar-refractivity contribution is -0.134. The molecule has 0 saturated carbocycles. The molecule has 2 aromatic carbocycles. The third-order valence-electron chi connectivity index (χ3n) is 5.74. The SMILES string of the molecule is O=C(NC(CO)C(=O)N1CCCN(C(=O)OCc2ccccc2)CC1)c1cnc2ccccc2n1. The van der Waals surface area contributed by atoms with Crippen LogP contribution in [0.1, 0.15) is 22.5 Å². The molecule has 1 saturated heterocycles. The van der Waals surface area contributed by atoms with E-state index >= 15 is 0 Å². The fraction of sp³-hybridized carbons (Fsp3) is 0.320. The fourth-order valence-electron chi connectivity index (χ4n) is 3.84. The summed E-state index contributed by atoms with van der Waals surface area (Å²) in [6.45, 7) is 1.01. The van der Waals surface area contributed by atoms with Gasteiger partial charge in [0.05, 0.1) is 23.8 Å². The third kappa shape index (κ3) is 6.10. The van der Waals surface area contributed by atoms with Crippen LogP contribution >= 0.6 is 0 Å². The minimum absolute atomic E-state index is 0.0538. The van der Waals surface area contributed by atoms with Crippen molar-refractivity contribution in [2.75, 3.05) is 32.8 Å². The van der Waals surface area contributed by atoms with Crippen molar-refractivity contribution in [1.82, 2.24) is 25.1 Å². The van der Waals surface area contributed by atoms with Gasteiger partial charge in [0.1, 0.15) is 18.3 Å². The number of benzene rings is 2. The number of rotatable bonds is 6. The average Bonchev–Trinajstić information content (AvgIpc) is 3.16. The molecular weight excluding hydrogens is 450 g/mol. The number of amides is 3. The summed E-state index contributed by atoms with van der Waals surface area (Å²) in [5.41, 5.74) is 2.15. The summed E-state index contributed by atoms with van der Waals surface area (Å²) < 4.78 is 5.39. The van der Waals surface area contributed by atoms with Gasteiger partial charge in [-0.3, -0.25) is 14.6 Å². The van der Waals surface area contributed by atoms with E-state index in [0.717, 1.165) is 5.56 Å². The van der Waals surface area contributed by atoms with Crippen molar-refractivity contribution >= 4 is 28.9 Å². The molecule has 1 aliphatic heterocycles. The molecule has 10 nitrogen and oxygen atoms in total. The fourth-order valence-corrected chi connectivity index (χ4v) is 3.84. The molecule has 0 aliphatic carbocycles. The molecule has 182 valence electrons. The third-order valence-corrected chi connectivity index (χ3v) is 5.74. The number of nitrogens with zero attached hydrogens (tertiary/aromatic N) is 4. The Morgan fingerprint density at radius 1 is 0.943 bits per heavy atom. The lowest BCUT2D eigenvalue weighted by Gasteiger charge is -2.26. The van der Waals surface area contributed by atoms with Crippen LogP contribution in [-0.2, 0) is 16.1 Å². The van der Waals surface area contributed by atoms with Crippen LogP contribution in [0.3, 0.4) is 0 Å². The number of aliphatic hydroxyl groups excluding tert-OH is 1. The number of fused-ring (bicyclic) bond motifs is 1. The Morgan fingerprint density at radius 3 is 2.40 bits per heavy atom. The lowest BCUT2D eigenvalue weighted by atomic mass is 10.2. The number of aromatic nitrogens is 2. The van der Waals surface area contributed by atoms with Crippen molar-refractivity contribution in [3.63, 3.8) is 0 Å². The molecule has 1 aromatic heterocycles. The van der Waals surface area contributed by atoms with Crippen LogP contribution in [-0.4, -0.2) is 81.6 Å². The highest BCUT2D eigenvalue weighted by molar-refractivity contribution is 5.97. The molecule has 1 aliphatic rings. The summed E-state index contributed by atoms with van der Waals surface area (Å²) in [5.74, 6) is -1.02. The van der Waals surface area contributed by atoms with Gasteiger partial charge in [-0.2, -0.15) is 0 Å². The number of hydrogen-bond donors (Lipinski definition) is 2. The van der Waals surface area contributed by atoms with Crippen LogP contribution in [0.4, 0.5) is 4.79 Å². The quantitative estimate of drug-likeness (QED) is 0.552. The van der Waals surface area contributed by atoms with Crippen LogP contribution in [0.5, 0.6) is 0 Å². The molecule has 1 unspecified atom stereocenters. The van der Waals surface area contributed by atoms with Crippen molar-refractivity contribution in [3.8, 4) is 0 Å². The zero-order valence-corrected chi connectivity index (χ0v) is 19.2. The van der Waals surface area contributed by atoms with Gasteiger partial charge in [-0.1, -0.05) is 42.5 Å². The van der Waals surface area contributed by atoms with Gasteiger partial charge in [0.2, 0.25) is 5.91 Å². The van der Waals surface area contributed by atoms with Gasteiger partial charge in [0, 0.05) is 26.2 Å². The van der Waals surface area contributed by atoms with Gasteiger partial charge < -0.3 is 25.0 Å². The first kappa shape index (κ1) is 24.1. The second-order valence-corrected chi connectivity index (χ2v) is 8.16. The van der Waals surface area contributed by atoms with Gasteiger partial charge in [0.15, 0.2) is 0 Å². The molecule has 3 aromatic rings. The first-order chi connectivity index (χ1) is 17.0. The van der Waals surface area contributed by atoms with Crippen LogP contribution in [0.2, 0.25) is 0 Å². The standard InChI is InChI=1S/C25H27N5O5/c31-16-22(28-23(32)21-15-26-19-9-4-5-10-20(19)27-21)24(33)29-11-6-12-30(14-13-29)25(34)35-17-18-7-2-1-3-8-18/h1-5,7-10,15,22,31H,6,11-14,16-17H2,(H,28,32). The number of hydrogen-bond acceptors (Lipinski definition) is 7. The van der Waals surface area contributed by atoms with Crippen LogP contribution in [0, 0.1) is 0 Å². The Balaban J connectivity index is 1.32. The summed E-state index contributed by atoms with van der Waals surface area (Å²) in [6, 6.07) is 15.4. The van der Waals surface area contributed by atoms with Gasteiger partial charge in [-0.15, -0.1) is 0 Å². The Morgan fingerprint density at radius 2 is 1.63 bits per heavy atom. The van der Waals surface area contributed by atoms with E-state index < -0.39 is 30.6 Å². The summed E-state index contributed by atoms with van der Waals surface area (Å²) in [5, 5.41) is 12.4. The summed E-state index contributed by atoms with van der Waals surface area (Å²) >= 11 is 0. The molecule has 0 spiro atoms. The van der Waals surface area contributed by atoms with Crippen LogP contribution in [0.15, 0.2) is 60.8 Å². The molecule has 1 atom stereocenters. The Kier molecular flexibility index (Phi) is 7.84.